The van der Waals surface area contributed by atoms with E-state index < -0.39 is 0 Å². The molecule has 136 valence electrons. The number of hydrogen-bond donors (Lipinski definition) is 0. The third-order valence-corrected chi connectivity index (χ3v) is 5.47. The van der Waals surface area contributed by atoms with Crippen LogP contribution in [0.25, 0.3) is 10.2 Å². The first-order valence-electron chi connectivity index (χ1n) is 8.66. The Morgan fingerprint density at radius 1 is 1.08 bits per heavy atom. The van der Waals surface area contributed by atoms with E-state index in [1.54, 1.807) is 18.4 Å². The van der Waals surface area contributed by atoms with E-state index in [0.29, 0.717) is 18.7 Å². The molecule has 3 aromatic rings. The van der Waals surface area contributed by atoms with Crippen LogP contribution in [0.4, 0.5) is 0 Å². The van der Waals surface area contributed by atoms with Crippen LogP contribution in [0, 0.1) is 27.7 Å². The molecule has 0 bridgehead atoms. The van der Waals surface area contributed by atoms with Gasteiger partial charge in [0.15, 0.2) is 4.80 Å². The summed E-state index contributed by atoms with van der Waals surface area (Å²) in [5, 5.41) is 0. The van der Waals surface area contributed by atoms with Crippen molar-refractivity contribution in [2.24, 2.45) is 4.99 Å². The molecule has 4 nitrogen and oxygen atoms in total. The van der Waals surface area contributed by atoms with Crippen molar-refractivity contribution in [2.45, 2.75) is 34.2 Å². The molecular weight excluding hydrogens is 344 g/mol. The van der Waals surface area contributed by atoms with Crippen LogP contribution in [0.15, 0.2) is 35.3 Å². The Balaban J connectivity index is 2.17. The van der Waals surface area contributed by atoms with Gasteiger partial charge < -0.3 is 9.30 Å². The Labute approximate surface area is 157 Å². The van der Waals surface area contributed by atoms with Crippen molar-refractivity contribution in [2.75, 3.05) is 13.7 Å². The number of carbonyl (C=O) groups excluding carboxylic acids is 1. The fraction of sp³-hybridized carbons (Fsp3) is 0.333. The minimum Gasteiger partial charge on any atom is -0.383 e. The molecule has 0 aliphatic carbocycles. The average Bonchev–Trinajstić information content (AvgIpc) is 2.89. The lowest BCUT2D eigenvalue weighted by Gasteiger charge is -2.07. The highest BCUT2D eigenvalue weighted by atomic mass is 32.1. The van der Waals surface area contributed by atoms with Crippen molar-refractivity contribution in [3.05, 3.63) is 63.0 Å². The van der Waals surface area contributed by atoms with Crippen LogP contribution in [-0.4, -0.2) is 24.2 Å². The second kappa shape index (κ2) is 7.56. The molecule has 5 heteroatoms. The molecule has 0 saturated carbocycles. The fourth-order valence-corrected chi connectivity index (χ4v) is 4.50. The predicted molar refractivity (Wildman–Crippen MR) is 107 cm³/mol. The van der Waals surface area contributed by atoms with Crippen LogP contribution >= 0.6 is 11.3 Å². The van der Waals surface area contributed by atoms with Gasteiger partial charge in [-0.3, -0.25) is 4.79 Å². The number of fused-ring (bicyclic) bond motifs is 1. The first kappa shape index (κ1) is 18.5. The number of methoxy groups -OCH3 is 1. The Morgan fingerprint density at radius 3 is 2.50 bits per heavy atom. The normalized spacial score (nSPS) is 12.1. The highest BCUT2D eigenvalue weighted by Crippen LogP contribution is 2.23. The summed E-state index contributed by atoms with van der Waals surface area (Å²) in [6.07, 6.45) is 0. The van der Waals surface area contributed by atoms with Gasteiger partial charge >= 0.3 is 0 Å². The topological polar surface area (TPSA) is 43.6 Å². The highest BCUT2D eigenvalue weighted by Gasteiger charge is 2.13. The van der Waals surface area contributed by atoms with E-state index in [-0.39, 0.29) is 5.91 Å². The van der Waals surface area contributed by atoms with E-state index in [2.05, 4.69) is 35.5 Å². The average molecular weight is 369 g/mol. The smallest absolute Gasteiger partial charge is 0.279 e. The molecule has 0 spiro atoms. The van der Waals surface area contributed by atoms with Crippen LogP contribution in [-0.2, 0) is 11.3 Å². The first-order valence-corrected chi connectivity index (χ1v) is 9.48. The van der Waals surface area contributed by atoms with Gasteiger partial charge in [0.1, 0.15) is 0 Å². The lowest BCUT2D eigenvalue weighted by Crippen LogP contribution is -2.20. The van der Waals surface area contributed by atoms with Crippen LogP contribution in [0.2, 0.25) is 0 Å². The van der Waals surface area contributed by atoms with E-state index in [1.165, 1.54) is 11.1 Å². The van der Waals surface area contributed by atoms with Crippen molar-refractivity contribution in [1.29, 1.82) is 0 Å². The Hall–Kier alpha value is -2.24. The van der Waals surface area contributed by atoms with Crippen LogP contribution < -0.4 is 4.80 Å². The molecule has 0 saturated heterocycles. The summed E-state index contributed by atoms with van der Waals surface area (Å²) in [6.45, 7) is 9.40. The quantitative estimate of drug-likeness (QED) is 0.688. The van der Waals surface area contributed by atoms with Gasteiger partial charge in [0.2, 0.25) is 0 Å². The number of nitrogens with zero attached hydrogens (tertiary/aromatic N) is 2. The SMILES string of the molecule is COCCn1c(=NC(=O)c2ccc(C)cc2C)sc2cc(C)cc(C)c21. The summed E-state index contributed by atoms with van der Waals surface area (Å²) in [6, 6.07) is 10.1. The summed E-state index contributed by atoms with van der Waals surface area (Å²) >= 11 is 1.55. The fourth-order valence-electron chi connectivity index (χ4n) is 3.27. The summed E-state index contributed by atoms with van der Waals surface area (Å²) in [4.78, 5) is 18.0. The molecule has 1 amide bonds. The molecular formula is C21H24N2O2S. The Morgan fingerprint density at radius 2 is 1.81 bits per heavy atom. The van der Waals surface area contributed by atoms with Gasteiger partial charge in [-0.1, -0.05) is 35.1 Å². The minimum atomic E-state index is -0.199. The molecule has 1 heterocycles. The lowest BCUT2D eigenvalue weighted by atomic mass is 10.1. The Bertz CT molecular complexity index is 1040. The number of aromatic nitrogens is 1. The molecule has 0 unspecified atom stereocenters. The molecule has 1 aromatic heterocycles. The zero-order valence-corrected chi connectivity index (χ0v) is 16.7. The van der Waals surface area contributed by atoms with Crippen molar-refractivity contribution in [1.82, 2.24) is 4.57 Å². The standard InChI is InChI=1S/C21H24N2O2S/c1-13-6-7-17(15(3)10-13)20(24)22-21-23(8-9-25-5)19-16(4)11-14(2)12-18(19)26-21/h6-7,10-12H,8-9H2,1-5H3. The second-order valence-electron chi connectivity index (χ2n) is 6.69. The largest absolute Gasteiger partial charge is 0.383 e. The van der Waals surface area contributed by atoms with Crippen LogP contribution in [0.1, 0.15) is 32.6 Å². The molecule has 0 aliphatic heterocycles. The van der Waals surface area contributed by atoms with Gasteiger partial charge in [-0.05, 0) is 56.5 Å². The maximum absolute atomic E-state index is 12.8. The van der Waals surface area contributed by atoms with Crippen LogP contribution in [0.5, 0.6) is 0 Å². The summed E-state index contributed by atoms with van der Waals surface area (Å²) in [7, 11) is 1.68. The maximum Gasteiger partial charge on any atom is 0.279 e. The van der Waals surface area contributed by atoms with E-state index in [9.17, 15) is 4.79 Å². The first-order chi connectivity index (χ1) is 12.4. The molecule has 3 rings (SSSR count). The predicted octanol–water partition coefficient (Wildman–Crippen LogP) is 4.32. The van der Waals surface area contributed by atoms with E-state index in [4.69, 9.17) is 4.74 Å². The number of carbonyl (C=O) groups is 1. The molecule has 2 aromatic carbocycles. The molecule has 0 aliphatic rings. The molecule has 0 atom stereocenters. The van der Waals surface area contributed by atoms with Crippen molar-refractivity contribution < 1.29 is 9.53 Å². The van der Waals surface area contributed by atoms with Crippen molar-refractivity contribution >= 4 is 27.5 Å². The van der Waals surface area contributed by atoms with E-state index >= 15 is 0 Å². The zero-order valence-electron chi connectivity index (χ0n) is 15.9. The Kier molecular flexibility index (Phi) is 5.39. The second-order valence-corrected chi connectivity index (χ2v) is 7.70. The molecule has 0 N–H and O–H groups in total. The van der Waals surface area contributed by atoms with Crippen molar-refractivity contribution in [3.8, 4) is 0 Å². The van der Waals surface area contributed by atoms with Gasteiger partial charge in [0.05, 0.1) is 16.8 Å². The maximum atomic E-state index is 12.8. The minimum absolute atomic E-state index is 0.199. The van der Waals surface area contributed by atoms with E-state index in [0.717, 1.165) is 26.1 Å². The van der Waals surface area contributed by atoms with Gasteiger partial charge in [0.25, 0.3) is 5.91 Å². The van der Waals surface area contributed by atoms with Crippen molar-refractivity contribution in [3.63, 3.8) is 0 Å². The summed E-state index contributed by atoms with van der Waals surface area (Å²) in [5.41, 5.74) is 6.27. The number of rotatable bonds is 4. The van der Waals surface area contributed by atoms with Crippen LogP contribution in [0.3, 0.4) is 0 Å². The van der Waals surface area contributed by atoms with Gasteiger partial charge in [-0.25, -0.2) is 0 Å². The zero-order chi connectivity index (χ0) is 18.8. The summed E-state index contributed by atoms with van der Waals surface area (Å²) in [5.74, 6) is -0.199. The third kappa shape index (κ3) is 3.64. The third-order valence-electron chi connectivity index (χ3n) is 4.44. The van der Waals surface area contributed by atoms with Gasteiger partial charge in [-0.2, -0.15) is 4.99 Å². The number of ether oxygens (including phenoxy) is 1. The molecule has 0 fully saturated rings. The highest BCUT2D eigenvalue weighted by molar-refractivity contribution is 7.16. The number of amides is 1. The van der Waals surface area contributed by atoms with Gasteiger partial charge in [0, 0.05) is 19.2 Å². The lowest BCUT2D eigenvalue weighted by molar-refractivity contribution is 0.0996. The number of aryl methyl sites for hydroxylation is 4. The summed E-state index contributed by atoms with van der Waals surface area (Å²) < 4.78 is 8.50. The number of hydrogen-bond acceptors (Lipinski definition) is 3. The molecule has 26 heavy (non-hydrogen) atoms. The molecule has 0 radical (unpaired) electrons. The number of thiazole rings is 1. The monoisotopic (exact) mass is 368 g/mol. The number of benzene rings is 2. The van der Waals surface area contributed by atoms with Gasteiger partial charge in [-0.15, -0.1) is 0 Å². The van der Waals surface area contributed by atoms with E-state index in [1.807, 2.05) is 32.0 Å².